The van der Waals surface area contributed by atoms with E-state index >= 15 is 0 Å². The average Bonchev–Trinajstić information content (AvgIpc) is 2.24. The van der Waals surface area contributed by atoms with Crippen molar-refractivity contribution in [1.29, 1.82) is 0 Å². The highest BCUT2D eigenvalue weighted by molar-refractivity contribution is 5.79. The van der Waals surface area contributed by atoms with E-state index in [1.165, 1.54) is 27.8 Å². The second-order valence-electron chi connectivity index (χ2n) is 3.75. The molecule has 0 spiro atoms. The van der Waals surface area contributed by atoms with Gasteiger partial charge in [0, 0.05) is 0 Å². The van der Waals surface area contributed by atoms with Crippen molar-refractivity contribution >= 4 is 5.57 Å². The van der Waals surface area contributed by atoms with Gasteiger partial charge < -0.3 is 0 Å². The average molecular weight is 198 g/mol. The van der Waals surface area contributed by atoms with Gasteiger partial charge in [-0.15, -0.1) is 0 Å². The first kappa shape index (κ1) is 11.5. The minimum Gasteiger partial charge on any atom is -0.0988 e. The van der Waals surface area contributed by atoms with Crippen LogP contribution in [-0.2, 0) is 0 Å². The number of rotatable bonds is 3. The minimum absolute atomic E-state index is 1.17. The van der Waals surface area contributed by atoms with E-state index in [9.17, 15) is 0 Å². The van der Waals surface area contributed by atoms with Gasteiger partial charge in [-0.1, -0.05) is 43.5 Å². The Balaban J connectivity index is 3.44. The van der Waals surface area contributed by atoms with E-state index in [1.807, 2.05) is 12.2 Å². The van der Waals surface area contributed by atoms with E-state index in [0.29, 0.717) is 0 Å². The van der Waals surface area contributed by atoms with E-state index in [0.717, 1.165) is 0 Å². The third-order valence-electron chi connectivity index (χ3n) is 2.83. The maximum absolute atomic E-state index is 3.87. The van der Waals surface area contributed by atoms with Gasteiger partial charge in [0.15, 0.2) is 0 Å². The number of aryl methyl sites for hydroxylation is 1. The quantitative estimate of drug-likeness (QED) is 0.629. The summed E-state index contributed by atoms with van der Waals surface area (Å²) in [7, 11) is 0. The van der Waals surface area contributed by atoms with Crippen molar-refractivity contribution < 1.29 is 0 Å². The van der Waals surface area contributed by atoms with Crippen LogP contribution in [0.2, 0.25) is 0 Å². The highest BCUT2D eigenvalue weighted by atomic mass is 14.1. The molecule has 0 bridgehead atoms. The Morgan fingerprint density at radius 3 is 2.33 bits per heavy atom. The molecule has 0 aliphatic heterocycles. The highest BCUT2D eigenvalue weighted by Gasteiger charge is 2.05. The first-order valence-electron chi connectivity index (χ1n) is 5.14. The lowest BCUT2D eigenvalue weighted by Gasteiger charge is -2.11. The van der Waals surface area contributed by atoms with Gasteiger partial charge in [0.1, 0.15) is 0 Å². The summed E-state index contributed by atoms with van der Waals surface area (Å²) in [5.74, 6) is 0. The lowest BCUT2D eigenvalue weighted by atomic mass is 9.94. The third kappa shape index (κ3) is 2.27. The zero-order valence-electron chi connectivity index (χ0n) is 9.80. The second-order valence-corrected chi connectivity index (χ2v) is 3.75. The van der Waals surface area contributed by atoms with Crippen LogP contribution in [0.3, 0.4) is 0 Å². The third-order valence-corrected chi connectivity index (χ3v) is 2.83. The SMILES string of the molecule is C=C/C(C)=C(\C=C)c1cccc(C)c1C. The van der Waals surface area contributed by atoms with Crippen LogP contribution in [0.1, 0.15) is 23.6 Å². The summed E-state index contributed by atoms with van der Waals surface area (Å²) in [6.45, 7) is 14.0. The number of benzene rings is 1. The monoisotopic (exact) mass is 198 g/mol. The molecule has 0 radical (unpaired) electrons. The lowest BCUT2D eigenvalue weighted by molar-refractivity contribution is 1.31. The molecule has 1 aromatic carbocycles. The summed E-state index contributed by atoms with van der Waals surface area (Å²) < 4.78 is 0. The van der Waals surface area contributed by atoms with Crippen molar-refractivity contribution in [2.24, 2.45) is 0 Å². The van der Waals surface area contributed by atoms with Crippen LogP contribution in [-0.4, -0.2) is 0 Å². The van der Waals surface area contributed by atoms with E-state index in [2.05, 4.69) is 52.1 Å². The Kier molecular flexibility index (Phi) is 3.68. The molecule has 0 nitrogen and oxygen atoms in total. The maximum atomic E-state index is 3.87. The van der Waals surface area contributed by atoms with Crippen molar-refractivity contribution in [2.75, 3.05) is 0 Å². The van der Waals surface area contributed by atoms with Crippen LogP contribution in [0.4, 0.5) is 0 Å². The van der Waals surface area contributed by atoms with E-state index in [1.54, 1.807) is 0 Å². The summed E-state index contributed by atoms with van der Waals surface area (Å²) >= 11 is 0. The summed E-state index contributed by atoms with van der Waals surface area (Å²) in [5, 5.41) is 0. The standard InChI is InChI=1S/C15H18/c1-6-11(3)14(7-2)15-10-8-9-12(4)13(15)5/h6-10H,1-2H2,3-5H3/b14-11+. The fourth-order valence-electron chi connectivity index (χ4n) is 1.64. The number of hydrogen-bond acceptors (Lipinski definition) is 0. The molecule has 0 saturated heterocycles. The first-order valence-corrected chi connectivity index (χ1v) is 5.14. The second kappa shape index (κ2) is 4.79. The van der Waals surface area contributed by atoms with Crippen LogP contribution in [0, 0.1) is 13.8 Å². The van der Waals surface area contributed by atoms with E-state index in [-0.39, 0.29) is 0 Å². The van der Waals surface area contributed by atoms with Gasteiger partial charge in [0.2, 0.25) is 0 Å². The van der Waals surface area contributed by atoms with Gasteiger partial charge in [-0.3, -0.25) is 0 Å². The van der Waals surface area contributed by atoms with Gasteiger partial charge in [-0.2, -0.15) is 0 Å². The van der Waals surface area contributed by atoms with Crippen molar-refractivity contribution in [3.8, 4) is 0 Å². The Morgan fingerprint density at radius 2 is 1.80 bits per heavy atom. The highest BCUT2D eigenvalue weighted by Crippen LogP contribution is 2.25. The fraction of sp³-hybridized carbons (Fsp3) is 0.200. The van der Waals surface area contributed by atoms with Crippen LogP contribution < -0.4 is 0 Å². The molecule has 0 unspecified atom stereocenters. The molecule has 1 rings (SSSR count). The zero-order valence-corrected chi connectivity index (χ0v) is 9.80. The minimum atomic E-state index is 1.17. The zero-order chi connectivity index (χ0) is 11.4. The van der Waals surface area contributed by atoms with Crippen LogP contribution in [0.15, 0.2) is 49.1 Å². The van der Waals surface area contributed by atoms with E-state index in [4.69, 9.17) is 0 Å². The van der Waals surface area contributed by atoms with E-state index < -0.39 is 0 Å². The molecule has 0 aliphatic carbocycles. The molecule has 0 amide bonds. The van der Waals surface area contributed by atoms with Crippen LogP contribution in [0.25, 0.3) is 5.57 Å². The molecule has 78 valence electrons. The molecule has 0 heteroatoms. The van der Waals surface area contributed by atoms with Gasteiger partial charge in [0.25, 0.3) is 0 Å². The summed E-state index contributed by atoms with van der Waals surface area (Å²) in [4.78, 5) is 0. The molecule has 0 aliphatic rings. The normalized spacial score (nSPS) is 11.9. The molecule has 0 N–H and O–H groups in total. The summed E-state index contributed by atoms with van der Waals surface area (Å²) in [5.41, 5.74) is 6.21. The fourth-order valence-corrected chi connectivity index (χ4v) is 1.64. The Hall–Kier alpha value is -1.56. The Bertz CT molecular complexity index is 420. The predicted molar refractivity (Wildman–Crippen MR) is 68.9 cm³/mol. The molecule has 0 saturated carbocycles. The van der Waals surface area contributed by atoms with Crippen LogP contribution >= 0.6 is 0 Å². The van der Waals surface area contributed by atoms with Gasteiger partial charge in [-0.25, -0.2) is 0 Å². The van der Waals surface area contributed by atoms with Crippen LogP contribution in [0.5, 0.6) is 0 Å². The molecular formula is C15H18. The van der Waals surface area contributed by atoms with Crippen molar-refractivity contribution in [3.05, 3.63) is 65.8 Å². The first-order chi connectivity index (χ1) is 7.11. The van der Waals surface area contributed by atoms with Crippen molar-refractivity contribution in [2.45, 2.75) is 20.8 Å². The van der Waals surface area contributed by atoms with Gasteiger partial charge in [0.05, 0.1) is 0 Å². The number of hydrogen-bond donors (Lipinski definition) is 0. The molecule has 1 aromatic rings. The predicted octanol–water partition coefficient (Wildman–Crippen LogP) is 4.45. The van der Waals surface area contributed by atoms with Crippen molar-refractivity contribution in [3.63, 3.8) is 0 Å². The molecular weight excluding hydrogens is 180 g/mol. The van der Waals surface area contributed by atoms with Gasteiger partial charge in [-0.05, 0) is 48.6 Å². The molecule has 0 atom stereocenters. The Labute approximate surface area is 92.6 Å². The Morgan fingerprint density at radius 1 is 1.13 bits per heavy atom. The molecule has 15 heavy (non-hydrogen) atoms. The summed E-state index contributed by atoms with van der Waals surface area (Å²) in [6.07, 6.45) is 3.78. The largest absolute Gasteiger partial charge is 0.0988 e. The summed E-state index contributed by atoms with van der Waals surface area (Å²) in [6, 6.07) is 6.34. The maximum Gasteiger partial charge on any atom is -0.0150 e. The molecule has 0 aromatic heterocycles. The molecule has 0 heterocycles. The van der Waals surface area contributed by atoms with Gasteiger partial charge >= 0.3 is 0 Å². The smallest absolute Gasteiger partial charge is 0.0150 e. The number of allylic oxidation sites excluding steroid dienone is 4. The topological polar surface area (TPSA) is 0 Å². The molecule has 0 fully saturated rings. The lowest BCUT2D eigenvalue weighted by Crippen LogP contribution is -1.91. The van der Waals surface area contributed by atoms with Crippen molar-refractivity contribution in [1.82, 2.24) is 0 Å².